The van der Waals surface area contributed by atoms with Crippen LogP contribution in [0, 0.1) is 0 Å². The van der Waals surface area contributed by atoms with Crippen LogP contribution < -0.4 is 4.74 Å². The number of carbonyl (C=O) groups is 1. The lowest BCUT2D eigenvalue weighted by Gasteiger charge is -2.35. The van der Waals surface area contributed by atoms with Crippen LogP contribution >= 0.6 is 58.0 Å². The lowest BCUT2D eigenvalue weighted by Crippen LogP contribution is -2.48. The zero-order chi connectivity index (χ0) is 24.2. The van der Waals surface area contributed by atoms with Gasteiger partial charge in [0, 0.05) is 53.4 Å². The maximum Gasteiger partial charge on any atom is 0.253 e. The van der Waals surface area contributed by atoms with Gasteiger partial charge in [0.05, 0.1) is 10.0 Å². The standard InChI is InChI=1S/C25H21Cl5N2O2/c26-19-5-4-18(21(28)11-19)14-31-6-8-32(9-7-31)25(33)17-3-1-2-16(10-17)15-34-24-22(29)12-20(27)13-23(24)30/h1-5,10-13H,6-9,14-15H2. The van der Waals surface area contributed by atoms with Crippen molar-refractivity contribution in [1.29, 1.82) is 0 Å². The van der Waals surface area contributed by atoms with Crippen molar-refractivity contribution >= 4 is 63.9 Å². The van der Waals surface area contributed by atoms with Crippen LogP contribution in [0.25, 0.3) is 0 Å². The van der Waals surface area contributed by atoms with Crippen LogP contribution in [-0.4, -0.2) is 41.9 Å². The molecule has 34 heavy (non-hydrogen) atoms. The largest absolute Gasteiger partial charge is 0.486 e. The first-order valence-corrected chi connectivity index (χ1v) is 12.5. The van der Waals surface area contributed by atoms with E-state index in [4.69, 9.17) is 62.7 Å². The van der Waals surface area contributed by atoms with Gasteiger partial charge < -0.3 is 9.64 Å². The zero-order valence-electron chi connectivity index (χ0n) is 18.0. The Morgan fingerprint density at radius 2 is 1.47 bits per heavy atom. The number of nitrogens with zero attached hydrogens (tertiary/aromatic N) is 2. The van der Waals surface area contributed by atoms with Crippen LogP contribution in [0.4, 0.5) is 0 Å². The number of halogens is 5. The van der Waals surface area contributed by atoms with Crippen LogP contribution in [0.3, 0.4) is 0 Å². The lowest BCUT2D eigenvalue weighted by atomic mass is 10.1. The first kappa shape index (κ1) is 25.4. The maximum atomic E-state index is 13.1. The Bertz CT molecular complexity index is 1170. The Labute approximate surface area is 223 Å². The molecule has 0 radical (unpaired) electrons. The number of ether oxygens (including phenoxy) is 1. The molecule has 4 nitrogen and oxygen atoms in total. The molecular weight excluding hydrogens is 538 g/mol. The highest BCUT2D eigenvalue weighted by atomic mass is 35.5. The maximum absolute atomic E-state index is 13.1. The average molecular weight is 559 g/mol. The first-order valence-electron chi connectivity index (χ1n) is 10.6. The molecule has 1 saturated heterocycles. The van der Waals surface area contributed by atoms with E-state index in [1.54, 1.807) is 18.2 Å². The van der Waals surface area contributed by atoms with Crippen molar-refractivity contribution in [2.24, 2.45) is 0 Å². The van der Waals surface area contributed by atoms with Gasteiger partial charge in [-0.15, -0.1) is 0 Å². The molecule has 1 heterocycles. The topological polar surface area (TPSA) is 32.8 Å². The summed E-state index contributed by atoms with van der Waals surface area (Å²) in [6.45, 7) is 3.75. The smallest absolute Gasteiger partial charge is 0.253 e. The summed E-state index contributed by atoms with van der Waals surface area (Å²) in [5, 5.41) is 2.39. The molecular formula is C25H21Cl5N2O2. The van der Waals surface area contributed by atoms with Gasteiger partial charge in [-0.3, -0.25) is 9.69 Å². The molecule has 1 aliphatic rings. The second-order valence-electron chi connectivity index (χ2n) is 7.99. The van der Waals surface area contributed by atoms with E-state index in [9.17, 15) is 4.79 Å². The summed E-state index contributed by atoms with van der Waals surface area (Å²) >= 11 is 30.6. The predicted octanol–water partition coefficient (Wildman–Crippen LogP) is 7.49. The summed E-state index contributed by atoms with van der Waals surface area (Å²) < 4.78 is 5.80. The summed E-state index contributed by atoms with van der Waals surface area (Å²) in [7, 11) is 0. The fourth-order valence-electron chi connectivity index (χ4n) is 3.80. The van der Waals surface area contributed by atoms with Gasteiger partial charge in [-0.25, -0.2) is 0 Å². The molecule has 0 unspecified atom stereocenters. The Morgan fingerprint density at radius 3 is 2.15 bits per heavy atom. The quantitative estimate of drug-likeness (QED) is 0.314. The minimum Gasteiger partial charge on any atom is -0.486 e. The number of hydrogen-bond donors (Lipinski definition) is 0. The van der Waals surface area contributed by atoms with Gasteiger partial charge in [-0.2, -0.15) is 0 Å². The van der Waals surface area contributed by atoms with Crippen LogP contribution in [0.5, 0.6) is 5.75 Å². The number of carbonyl (C=O) groups excluding carboxylic acids is 1. The molecule has 4 rings (SSSR count). The van der Waals surface area contributed by atoms with E-state index in [0.717, 1.165) is 30.8 Å². The van der Waals surface area contributed by atoms with Gasteiger partial charge in [-0.1, -0.05) is 76.2 Å². The zero-order valence-corrected chi connectivity index (χ0v) is 21.8. The SMILES string of the molecule is O=C(c1cccc(COc2c(Cl)cc(Cl)cc2Cl)c1)N1CCN(Cc2ccc(Cl)cc2Cl)CC1. The monoisotopic (exact) mass is 556 g/mol. The van der Waals surface area contributed by atoms with Crippen LogP contribution in [0.1, 0.15) is 21.5 Å². The van der Waals surface area contributed by atoms with Crippen molar-refractivity contribution in [3.8, 4) is 5.75 Å². The van der Waals surface area contributed by atoms with E-state index in [1.165, 1.54) is 0 Å². The first-order chi connectivity index (χ1) is 16.3. The third-order valence-corrected chi connectivity index (χ3v) is 6.96. The summed E-state index contributed by atoms with van der Waals surface area (Å²) in [5.74, 6) is 0.356. The molecule has 3 aromatic carbocycles. The Balaban J connectivity index is 1.34. The van der Waals surface area contributed by atoms with E-state index in [1.807, 2.05) is 41.3 Å². The highest BCUT2D eigenvalue weighted by molar-refractivity contribution is 6.40. The van der Waals surface area contributed by atoms with Crippen LogP contribution in [0.15, 0.2) is 54.6 Å². The number of piperazine rings is 1. The van der Waals surface area contributed by atoms with Gasteiger partial charge in [0.1, 0.15) is 6.61 Å². The van der Waals surface area contributed by atoms with Gasteiger partial charge >= 0.3 is 0 Å². The number of benzene rings is 3. The second-order valence-corrected chi connectivity index (χ2v) is 10.1. The Kier molecular flexibility index (Phi) is 8.52. The van der Waals surface area contributed by atoms with E-state index in [2.05, 4.69) is 4.90 Å². The van der Waals surface area contributed by atoms with Crippen molar-refractivity contribution in [1.82, 2.24) is 9.80 Å². The van der Waals surface area contributed by atoms with Crippen molar-refractivity contribution in [2.45, 2.75) is 13.2 Å². The second kappa shape index (κ2) is 11.4. The lowest BCUT2D eigenvalue weighted by molar-refractivity contribution is 0.0628. The van der Waals surface area contributed by atoms with E-state index in [0.29, 0.717) is 49.5 Å². The van der Waals surface area contributed by atoms with Crippen molar-refractivity contribution in [3.05, 3.63) is 96.4 Å². The molecule has 1 aliphatic heterocycles. The highest BCUT2D eigenvalue weighted by Gasteiger charge is 2.23. The van der Waals surface area contributed by atoms with Crippen molar-refractivity contribution < 1.29 is 9.53 Å². The van der Waals surface area contributed by atoms with Crippen molar-refractivity contribution in [2.75, 3.05) is 26.2 Å². The number of amides is 1. The van der Waals surface area contributed by atoms with Crippen LogP contribution in [0.2, 0.25) is 25.1 Å². The highest BCUT2D eigenvalue weighted by Crippen LogP contribution is 2.36. The molecule has 0 spiro atoms. The average Bonchev–Trinajstić information content (AvgIpc) is 2.80. The molecule has 1 amide bonds. The fraction of sp³-hybridized carbons (Fsp3) is 0.240. The van der Waals surface area contributed by atoms with E-state index in [-0.39, 0.29) is 12.5 Å². The summed E-state index contributed by atoms with van der Waals surface area (Å²) in [4.78, 5) is 17.3. The molecule has 3 aromatic rings. The van der Waals surface area contributed by atoms with Gasteiger partial charge in [0.25, 0.3) is 5.91 Å². The summed E-state index contributed by atoms with van der Waals surface area (Å²) in [6, 6.07) is 16.1. The van der Waals surface area contributed by atoms with Crippen molar-refractivity contribution in [3.63, 3.8) is 0 Å². The molecule has 0 N–H and O–H groups in total. The van der Waals surface area contributed by atoms with E-state index < -0.39 is 0 Å². The van der Waals surface area contributed by atoms with Gasteiger partial charge in [-0.05, 0) is 47.5 Å². The molecule has 0 saturated carbocycles. The third-order valence-electron chi connectivity index (χ3n) is 5.59. The molecule has 0 aliphatic carbocycles. The minimum absolute atomic E-state index is 0.00594. The molecule has 1 fully saturated rings. The molecule has 0 bridgehead atoms. The van der Waals surface area contributed by atoms with Gasteiger partial charge in [0.2, 0.25) is 0 Å². The molecule has 9 heteroatoms. The Morgan fingerprint density at radius 1 is 0.794 bits per heavy atom. The molecule has 0 aromatic heterocycles. The number of rotatable bonds is 6. The Hall–Kier alpha value is -1.66. The number of hydrogen-bond acceptors (Lipinski definition) is 3. The third kappa shape index (κ3) is 6.31. The minimum atomic E-state index is -0.00594. The summed E-state index contributed by atoms with van der Waals surface area (Å²) in [5.41, 5.74) is 2.48. The van der Waals surface area contributed by atoms with Gasteiger partial charge in [0.15, 0.2) is 5.75 Å². The summed E-state index contributed by atoms with van der Waals surface area (Å²) in [6.07, 6.45) is 0. The van der Waals surface area contributed by atoms with Crippen LogP contribution in [-0.2, 0) is 13.2 Å². The fourth-order valence-corrected chi connectivity index (χ4v) is 5.19. The molecule has 0 atom stereocenters. The normalized spacial score (nSPS) is 14.3. The predicted molar refractivity (Wildman–Crippen MR) is 140 cm³/mol. The van der Waals surface area contributed by atoms with E-state index >= 15 is 0 Å². The molecule has 178 valence electrons.